The molecular weight excluding hydrogens is 376 g/mol. The molecule has 1 unspecified atom stereocenters. The van der Waals surface area contributed by atoms with Crippen molar-refractivity contribution in [3.63, 3.8) is 0 Å². The molecule has 0 saturated carbocycles. The van der Waals surface area contributed by atoms with Crippen molar-refractivity contribution in [1.29, 1.82) is 0 Å². The number of nitrogens with zero attached hydrogens (tertiary/aromatic N) is 3. The normalized spacial score (nSPS) is 16.8. The Labute approximate surface area is 166 Å². The predicted octanol–water partition coefficient (Wildman–Crippen LogP) is 3.78. The number of aromatic nitrogens is 2. The van der Waals surface area contributed by atoms with Crippen molar-refractivity contribution in [3.8, 4) is 11.4 Å². The van der Waals surface area contributed by atoms with Crippen LogP contribution in [0.3, 0.4) is 0 Å². The number of carbonyl (C=O) groups excluding carboxylic acids is 2. The number of amides is 2. The van der Waals surface area contributed by atoms with Gasteiger partial charge in [0.05, 0.1) is 10.8 Å². The summed E-state index contributed by atoms with van der Waals surface area (Å²) in [6, 6.07) is 11.0. The van der Waals surface area contributed by atoms with Gasteiger partial charge in [-0.25, -0.2) is 0 Å². The molecule has 8 heteroatoms. The number of thiophene rings is 1. The van der Waals surface area contributed by atoms with Gasteiger partial charge in [0.2, 0.25) is 17.6 Å². The summed E-state index contributed by atoms with van der Waals surface area (Å²) in [4.78, 5) is 30.9. The second-order valence-corrected chi connectivity index (χ2v) is 7.73. The van der Waals surface area contributed by atoms with Gasteiger partial charge in [-0.1, -0.05) is 11.2 Å². The number of hydrogen-bond acceptors (Lipinski definition) is 6. The van der Waals surface area contributed by atoms with E-state index in [2.05, 4.69) is 15.5 Å². The van der Waals surface area contributed by atoms with Crippen LogP contribution in [0.1, 0.15) is 41.2 Å². The van der Waals surface area contributed by atoms with Crippen molar-refractivity contribution >= 4 is 28.8 Å². The highest BCUT2D eigenvalue weighted by atomic mass is 32.1. The van der Waals surface area contributed by atoms with Gasteiger partial charge < -0.3 is 14.7 Å². The van der Waals surface area contributed by atoms with Crippen LogP contribution in [0.15, 0.2) is 46.3 Å². The zero-order valence-corrected chi connectivity index (χ0v) is 16.2. The molecule has 28 heavy (non-hydrogen) atoms. The molecule has 0 aliphatic carbocycles. The Morgan fingerprint density at radius 2 is 2.07 bits per heavy atom. The van der Waals surface area contributed by atoms with E-state index >= 15 is 0 Å². The van der Waals surface area contributed by atoms with E-state index in [9.17, 15) is 9.59 Å². The third-order valence-electron chi connectivity index (χ3n) is 4.70. The lowest BCUT2D eigenvalue weighted by Crippen LogP contribution is -2.38. The Balaban J connectivity index is 1.46. The average molecular weight is 396 g/mol. The molecule has 1 saturated heterocycles. The number of hydrogen-bond donors (Lipinski definition) is 1. The van der Waals surface area contributed by atoms with Gasteiger partial charge >= 0.3 is 0 Å². The first-order chi connectivity index (χ1) is 13.6. The second kappa shape index (κ2) is 7.93. The fourth-order valence-electron chi connectivity index (χ4n) is 3.34. The molecule has 1 atom stereocenters. The van der Waals surface area contributed by atoms with Gasteiger partial charge in [-0.05, 0) is 48.6 Å². The Morgan fingerprint density at radius 1 is 1.25 bits per heavy atom. The Bertz CT molecular complexity index is 966. The van der Waals surface area contributed by atoms with E-state index in [0.29, 0.717) is 18.3 Å². The van der Waals surface area contributed by atoms with Crippen molar-refractivity contribution in [1.82, 2.24) is 15.0 Å². The van der Waals surface area contributed by atoms with E-state index in [0.717, 1.165) is 35.5 Å². The third-order valence-corrected chi connectivity index (χ3v) is 5.55. The first-order valence-corrected chi connectivity index (χ1v) is 10.0. The summed E-state index contributed by atoms with van der Waals surface area (Å²) in [5.41, 5.74) is 1.53. The van der Waals surface area contributed by atoms with E-state index in [-0.39, 0.29) is 17.7 Å². The van der Waals surface area contributed by atoms with Crippen molar-refractivity contribution in [2.24, 2.45) is 0 Å². The van der Waals surface area contributed by atoms with Gasteiger partial charge in [0.1, 0.15) is 0 Å². The Kier molecular flexibility index (Phi) is 5.21. The number of likely N-dealkylation sites (tertiary alicyclic amines) is 1. The lowest BCUT2D eigenvalue weighted by Gasteiger charge is -2.30. The van der Waals surface area contributed by atoms with E-state index in [1.54, 1.807) is 12.1 Å². The first-order valence-electron chi connectivity index (χ1n) is 9.14. The fourth-order valence-corrected chi connectivity index (χ4v) is 4.03. The predicted molar refractivity (Wildman–Crippen MR) is 106 cm³/mol. The minimum Gasteiger partial charge on any atom is -0.339 e. The molecule has 1 aliphatic heterocycles. The van der Waals surface area contributed by atoms with Gasteiger partial charge in [-0.2, -0.15) is 4.98 Å². The lowest BCUT2D eigenvalue weighted by atomic mass is 9.98. The molecule has 2 aromatic heterocycles. The van der Waals surface area contributed by atoms with Crippen LogP contribution in [0.25, 0.3) is 11.4 Å². The molecule has 1 aromatic carbocycles. The standard InChI is InChI=1S/C20H20N4O3S/c1-13(25)21-16-8-6-14(7-9-16)18-22-19(27-23-18)15-4-2-10-24(12-15)20(26)17-5-3-11-28-17/h3,5-9,11,15H,2,4,10,12H2,1H3,(H,21,25). The fraction of sp³-hybridized carbons (Fsp3) is 0.300. The molecule has 2 amide bonds. The number of anilines is 1. The van der Waals surface area contributed by atoms with Crippen LogP contribution < -0.4 is 5.32 Å². The van der Waals surface area contributed by atoms with Gasteiger partial charge in [0.15, 0.2) is 0 Å². The van der Waals surface area contributed by atoms with Crippen molar-refractivity contribution < 1.29 is 14.1 Å². The van der Waals surface area contributed by atoms with Gasteiger partial charge in [0, 0.05) is 31.3 Å². The van der Waals surface area contributed by atoms with Crippen LogP contribution in [0, 0.1) is 0 Å². The van der Waals surface area contributed by atoms with Gasteiger partial charge in [-0.3, -0.25) is 9.59 Å². The maximum atomic E-state index is 12.6. The molecule has 0 spiro atoms. The third kappa shape index (κ3) is 3.96. The molecule has 3 heterocycles. The van der Waals surface area contributed by atoms with E-state index < -0.39 is 0 Å². The maximum absolute atomic E-state index is 12.6. The number of nitrogens with one attached hydrogen (secondary N) is 1. The molecule has 7 nitrogen and oxygen atoms in total. The molecule has 1 aliphatic rings. The van der Waals surface area contributed by atoms with Crippen LogP contribution in [-0.4, -0.2) is 39.9 Å². The number of benzene rings is 1. The van der Waals surface area contributed by atoms with Crippen molar-refractivity contribution in [2.45, 2.75) is 25.7 Å². The smallest absolute Gasteiger partial charge is 0.263 e. The lowest BCUT2D eigenvalue weighted by molar-refractivity contribution is -0.114. The first kappa shape index (κ1) is 18.4. The zero-order valence-electron chi connectivity index (χ0n) is 15.4. The quantitative estimate of drug-likeness (QED) is 0.725. The molecule has 1 fully saturated rings. The highest BCUT2D eigenvalue weighted by molar-refractivity contribution is 7.12. The van der Waals surface area contributed by atoms with Crippen LogP contribution in [0.5, 0.6) is 0 Å². The highest BCUT2D eigenvalue weighted by Gasteiger charge is 2.29. The Hall–Kier alpha value is -3.00. The van der Waals surface area contributed by atoms with E-state index in [4.69, 9.17) is 4.52 Å². The molecule has 0 radical (unpaired) electrons. The number of carbonyl (C=O) groups is 2. The molecular formula is C20H20N4O3S. The summed E-state index contributed by atoms with van der Waals surface area (Å²) < 4.78 is 5.51. The van der Waals surface area contributed by atoms with Gasteiger partial charge in [-0.15, -0.1) is 11.3 Å². The van der Waals surface area contributed by atoms with Crippen LogP contribution >= 0.6 is 11.3 Å². The van der Waals surface area contributed by atoms with Gasteiger partial charge in [0.25, 0.3) is 5.91 Å². The molecule has 3 aromatic rings. The van der Waals surface area contributed by atoms with Crippen molar-refractivity contribution in [3.05, 3.63) is 52.5 Å². The van der Waals surface area contributed by atoms with E-state index in [1.165, 1.54) is 18.3 Å². The largest absolute Gasteiger partial charge is 0.339 e. The molecule has 1 N–H and O–H groups in total. The summed E-state index contributed by atoms with van der Waals surface area (Å²) >= 11 is 1.46. The summed E-state index contributed by atoms with van der Waals surface area (Å²) in [5.74, 6) is 1.05. The molecule has 0 bridgehead atoms. The average Bonchev–Trinajstić information content (AvgIpc) is 3.40. The minimum absolute atomic E-state index is 0.0394. The topological polar surface area (TPSA) is 88.3 Å². The highest BCUT2D eigenvalue weighted by Crippen LogP contribution is 2.29. The molecule has 144 valence electrons. The minimum atomic E-state index is -0.117. The van der Waals surface area contributed by atoms with Crippen molar-refractivity contribution in [2.75, 3.05) is 18.4 Å². The summed E-state index contributed by atoms with van der Waals surface area (Å²) in [7, 11) is 0. The second-order valence-electron chi connectivity index (χ2n) is 6.78. The molecule has 4 rings (SSSR count). The van der Waals surface area contributed by atoms with E-state index in [1.807, 2.05) is 34.5 Å². The summed E-state index contributed by atoms with van der Waals surface area (Å²) in [6.07, 6.45) is 1.82. The Morgan fingerprint density at radius 3 is 2.79 bits per heavy atom. The number of rotatable bonds is 4. The van der Waals surface area contributed by atoms with Crippen LogP contribution in [0.2, 0.25) is 0 Å². The SMILES string of the molecule is CC(=O)Nc1ccc(-c2noc(C3CCCN(C(=O)c4cccs4)C3)n2)cc1. The summed E-state index contributed by atoms with van der Waals surface area (Å²) in [6.45, 7) is 2.80. The summed E-state index contributed by atoms with van der Waals surface area (Å²) in [5, 5.41) is 8.74. The zero-order chi connectivity index (χ0) is 19.5. The van der Waals surface area contributed by atoms with Crippen LogP contribution in [-0.2, 0) is 4.79 Å². The maximum Gasteiger partial charge on any atom is 0.263 e. The number of piperidine rings is 1. The van der Waals surface area contributed by atoms with Crippen LogP contribution in [0.4, 0.5) is 5.69 Å². The monoisotopic (exact) mass is 396 g/mol.